The second-order valence-corrected chi connectivity index (χ2v) is 9.16. The van der Waals surface area contributed by atoms with Crippen LogP contribution in [0.4, 0.5) is 0 Å². The van der Waals surface area contributed by atoms with Gasteiger partial charge in [0.05, 0.1) is 12.8 Å². The van der Waals surface area contributed by atoms with E-state index in [-0.39, 0.29) is 23.4 Å². The summed E-state index contributed by atoms with van der Waals surface area (Å²) in [6, 6.07) is 9.64. The van der Waals surface area contributed by atoms with E-state index in [1.807, 2.05) is 0 Å². The molecule has 2 aromatic rings. The lowest BCUT2D eigenvalue weighted by atomic mass is 9.90. The summed E-state index contributed by atoms with van der Waals surface area (Å²) >= 11 is 0. The van der Waals surface area contributed by atoms with Crippen LogP contribution in [0.25, 0.3) is 0 Å². The summed E-state index contributed by atoms with van der Waals surface area (Å²) < 4.78 is 33.9. The number of fused-ring (bicyclic) bond motifs is 1. The molecule has 4 rings (SSSR count). The van der Waals surface area contributed by atoms with E-state index in [4.69, 9.17) is 4.42 Å². The molecule has 0 radical (unpaired) electrons. The Labute approximate surface area is 169 Å². The number of hydrogen-bond donors (Lipinski definition) is 1. The second kappa shape index (κ2) is 7.61. The number of carbonyl (C=O) groups excluding carboxylic acids is 2. The van der Waals surface area contributed by atoms with E-state index in [2.05, 4.69) is 11.6 Å². The van der Waals surface area contributed by atoms with Gasteiger partial charge in [-0.1, -0.05) is 31.2 Å². The van der Waals surface area contributed by atoms with Crippen molar-refractivity contribution in [2.75, 3.05) is 13.1 Å². The minimum atomic E-state index is -4.24. The van der Waals surface area contributed by atoms with Crippen molar-refractivity contribution in [2.45, 2.75) is 26.3 Å². The van der Waals surface area contributed by atoms with Gasteiger partial charge in [-0.2, -0.15) is 0 Å². The molecule has 1 aliphatic heterocycles. The summed E-state index contributed by atoms with van der Waals surface area (Å²) in [4.78, 5) is 27.8. The molecule has 1 aliphatic carbocycles. The molecule has 29 heavy (non-hydrogen) atoms. The predicted octanol–water partition coefficient (Wildman–Crippen LogP) is 2.72. The first-order chi connectivity index (χ1) is 13.9. The number of nitrogens with one attached hydrogen (secondary N) is 1. The van der Waals surface area contributed by atoms with Crippen molar-refractivity contribution in [3.63, 3.8) is 0 Å². The quantitative estimate of drug-likeness (QED) is 0.808. The van der Waals surface area contributed by atoms with Gasteiger partial charge in [0.1, 0.15) is 11.5 Å². The number of furan rings is 1. The summed E-state index contributed by atoms with van der Waals surface area (Å²) in [6.07, 6.45) is 3.11. The minimum absolute atomic E-state index is 0.0208. The Balaban J connectivity index is 1.79. The molecular formula is C21H22N2O5S. The maximum absolute atomic E-state index is 13.3. The molecule has 1 saturated heterocycles. The molecule has 0 amide bonds. The zero-order valence-corrected chi connectivity index (χ0v) is 16.9. The Kier molecular flexibility index (Phi) is 5.14. The monoisotopic (exact) mass is 414 g/mol. The van der Waals surface area contributed by atoms with Crippen molar-refractivity contribution in [3.05, 3.63) is 70.2 Å². The maximum Gasteiger partial charge on any atom is 0.247 e. The lowest BCUT2D eigenvalue weighted by Crippen LogP contribution is -2.42. The summed E-state index contributed by atoms with van der Waals surface area (Å²) in [5.74, 6) is -0.169. The standard InChI is InChI=1S/C21H22N2O5S/c1-14-8-10-23(11-9-14)18-19(24)16-6-2-3-7-17(16)20(25)21(18)29(26,27)22-13-15-5-4-12-28-15/h2-7,12,14,22H,8-11,13H2,1H3. The van der Waals surface area contributed by atoms with Gasteiger partial charge in [-0.3, -0.25) is 9.59 Å². The first-order valence-corrected chi connectivity index (χ1v) is 11.1. The number of rotatable bonds is 5. The fourth-order valence-corrected chi connectivity index (χ4v) is 5.07. The summed E-state index contributed by atoms with van der Waals surface area (Å²) in [5.41, 5.74) is 0.341. The Morgan fingerprint density at radius 3 is 2.31 bits per heavy atom. The number of nitrogens with zero attached hydrogens (tertiary/aromatic N) is 1. The van der Waals surface area contributed by atoms with Crippen LogP contribution in [0.1, 0.15) is 46.2 Å². The molecule has 1 fully saturated rings. The van der Waals surface area contributed by atoms with Crippen LogP contribution in [0.2, 0.25) is 0 Å². The smallest absolute Gasteiger partial charge is 0.247 e. The number of allylic oxidation sites excluding steroid dienone is 2. The number of sulfonamides is 1. The fraction of sp³-hybridized carbons (Fsp3) is 0.333. The van der Waals surface area contributed by atoms with E-state index >= 15 is 0 Å². The highest BCUT2D eigenvalue weighted by molar-refractivity contribution is 7.94. The molecule has 2 aliphatic rings. The third kappa shape index (κ3) is 3.65. The van der Waals surface area contributed by atoms with Crippen LogP contribution in [0, 0.1) is 5.92 Å². The van der Waals surface area contributed by atoms with Gasteiger partial charge in [-0.25, -0.2) is 13.1 Å². The molecule has 0 saturated carbocycles. The molecule has 0 spiro atoms. The van der Waals surface area contributed by atoms with E-state index < -0.39 is 26.5 Å². The zero-order chi connectivity index (χ0) is 20.6. The molecule has 1 N–H and O–H groups in total. The summed E-state index contributed by atoms with van der Waals surface area (Å²) in [7, 11) is -4.24. The highest BCUT2D eigenvalue weighted by Crippen LogP contribution is 2.33. The van der Waals surface area contributed by atoms with E-state index in [1.165, 1.54) is 12.3 Å². The largest absolute Gasteiger partial charge is 0.468 e. The van der Waals surface area contributed by atoms with E-state index in [1.54, 1.807) is 35.2 Å². The average molecular weight is 414 g/mol. The Morgan fingerprint density at radius 2 is 1.69 bits per heavy atom. The Morgan fingerprint density at radius 1 is 1.03 bits per heavy atom. The van der Waals surface area contributed by atoms with Gasteiger partial charge in [0, 0.05) is 24.2 Å². The number of likely N-dealkylation sites (tertiary alicyclic amines) is 1. The van der Waals surface area contributed by atoms with E-state index in [9.17, 15) is 18.0 Å². The molecule has 8 heteroatoms. The number of piperidine rings is 1. The normalized spacial score (nSPS) is 18.3. The minimum Gasteiger partial charge on any atom is -0.468 e. The van der Waals surface area contributed by atoms with Crippen molar-refractivity contribution >= 4 is 21.6 Å². The first-order valence-electron chi connectivity index (χ1n) is 9.58. The Bertz CT molecular complexity index is 1080. The number of Topliss-reactive ketones (excluding diaryl/α,β-unsaturated/α-hetero) is 2. The van der Waals surface area contributed by atoms with Crippen LogP contribution in [0.5, 0.6) is 0 Å². The predicted molar refractivity (Wildman–Crippen MR) is 107 cm³/mol. The van der Waals surface area contributed by atoms with Crippen LogP contribution in [0.3, 0.4) is 0 Å². The lowest BCUT2D eigenvalue weighted by Gasteiger charge is -2.35. The third-order valence-electron chi connectivity index (χ3n) is 5.44. The SMILES string of the molecule is CC1CCN(C2=C(S(=O)(=O)NCc3ccco3)C(=O)c3ccccc3C2=O)CC1. The Hall–Kier alpha value is -2.71. The van der Waals surface area contributed by atoms with Crippen LogP contribution in [0.15, 0.2) is 57.7 Å². The molecular weight excluding hydrogens is 392 g/mol. The average Bonchev–Trinajstić information content (AvgIpc) is 3.23. The van der Waals surface area contributed by atoms with E-state index in [0.717, 1.165) is 12.8 Å². The highest BCUT2D eigenvalue weighted by Gasteiger charge is 2.41. The molecule has 0 bridgehead atoms. The zero-order valence-electron chi connectivity index (χ0n) is 16.1. The van der Waals surface area contributed by atoms with Gasteiger partial charge in [0.15, 0.2) is 4.91 Å². The van der Waals surface area contributed by atoms with E-state index in [0.29, 0.717) is 24.8 Å². The molecule has 1 aromatic heterocycles. The van der Waals surface area contributed by atoms with Gasteiger partial charge >= 0.3 is 0 Å². The number of carbonyl (C=O) groups is 2. The van der Waals surface area contributed by atoms with Crippen molar-refractivity contribution < 1.29 is 22.4 Å². The van der Waals surface area contributed by atoms with Gasteiger partial charge in [-0.05, 0) is 30.9 Å². The van der Waals surface area contributed by atoms with Gasteiger partial charge in [0.2, 0.25) is 21.6 Å². The van der Waals surface area contributed by atoms with Crippen LogP contribution >= 0.6 is 0 Å². The lowest BCUT2D eigenvalue weighted by molar-refractivity contribution is 0.0932. The molecule has 0 unspecified atom stereocenters. The van der Waals surface area contributed by atoms with Crippen LogP contribution < -0.4 is 4.72 Å². The van der Waals surface area contributed by atoms with Crippen LogP contribution in [-0.2, 0) is 16.6 Å². The molecule has 152 valence electrons. The number of benzene rings is 1. The van der Waals surface area contributed by atoms with Gasteiger partial charge < -0.3 is 9.32 Å². The summed E-state index contributed by atoms with van der Waals surface area (Å²) in [6.45, 7) is 3.09. The van der Waals surface area contributed by atoms with Crippen molar-refractivity contribution in [2.24, 2.45) is 5.92 Å². The third-order valence-corrected chi connectivity index (χ3v) is 6.88. The van der Waals surface area contributed by atoms with Crippen LogP contribution in [-0.4, -0.2) is 38.0 Å². The summed E-state index contributed by atoms with van der Waals surface area (Å²) in [5, 5.41) is 0. The van der Waals surface area contributed by atoms with Gasteiger partial charge in [-0.15, -0.1) is 0 Å². The second-order valence-electron chi connectivity index (χ2n) is 7.46. The van der Waals surface area contributed by atoms with Crippen molar-refractivity contribution in [1.82, 2.24) is 9.62 Å². The molecule has 7 nitrogen and oxygen atoms in total. The molecule has 1 aromatic carbocycles. The first kappa shape index (κ1) is 19.6. The van der Waals surface area contributed by atoms with Crippen molar-refractivity contribution in [1.29, 1.82) is 0 Å². The fourth-order valence-electron chi connectivity index (χ4n) is 3.76. The number of ketones is 2. The molecule has 2 heterocycles. The van der Waals surface area contributed by atoms with Crippen molar-refractivity contribution in [3.8, 4) is 0 Å². The number of hydrogen-bond acceptors (Lipinski definition) is 6. The van der Waals surface area contributed by atoms with Gasteiger partial charge in [0.25, 0.3) is 0 Å². The highest BCUT2D eigenvalue weighted by atomic mass is 32.2. The maximum atomic E-state index is 13.3. The molecule has 0 atom stereocenters. The topological polar surface area (TPSA) is 96.7 Å².